The molecule has 0 saturated carbocycles. The number of nitrogens with one attached hydrogen (secondary N) is 1. The smallest absolute Gasteiger partial charge is 0.270 e. The molecule has 3 rings (SSSR count). The number of anilines is 1. The highest BCUT2D eigenvalue weighted by Crippen LogP contribution is 2.15. The molecule has 0 aliphatic carbocycles. The summed E-state index contributed by atoms with van der Waals surface area (Å²) in [4.78, 5) is 25.8. The molecule has 1 fully saturated rings. The largest absolute Gasteiger partial charge is 0.354 e. The molecule has 1 aromatic heterocycles. The molecule has 0 spiro atoms. The van der Waals surface area contributed by atoms with E-state index >= 15 is 0 Å². The summed E-state index contributed by atoms with van der Waals surface area (Å²) in [5.41, 5.74) is 0.940. The molecule has 1 aliphatic rings. The second-order valence-electron chi connectivity index (χ2n) is 6.68. The Morgan fingerprint density at radius 1 is 1.19 bits per heavy atom. The molecule has 1 saturated heterocycles. The Hall–Kier alpha value is -2.54. The fourth-order valence-corrected chi connectivity index (χ4v) is 3.23. The third-order valence-electron chi connectivity index (χ3n) is 4.84. The number of halogens is 1. The summed E-state index contributed by atoms with van der Waals surface area (Å²) in [6.45, 7) is 9.11. The van der Waals surface area contributed by atoms with Crippen LogP contribution in [0.2, 0.25) is 0 Å². The van der Waals surface area contributed by atoms with E-state index in [-0.39, 0.29) is 11.7 Å². The van der Waals surface area contributed by atoms with Gasteiger partial charge in [-0.15, -0.1) is 0 Å². The lowest BCUT2D eigenvalue weighted by atomic mass is 10.1. The van der Waals surface area contributed by atoms with Crippen LogP contribution in [-0.2, 0) is 6.42 Å². The van der Waals surface area contributed by atoms with Gasteiger partial charge >= 0.3 is 0 Å². The predicted molar refractivity (Wildman–Crippen MR) is 104 cm³/mol. The standard InChI is InChI=1S/C20H26FN5O/c1-3-25-10-12-26(13-11-25)19-14-18(23-15(2)24-19)20(27)22-9-8-16-6-4-5-7-17(16)21/h4-7,14H,3,8-13H2,1-2H3,(H,22,27). The normalized spacial score (nSPS) is 15.0. The average Bonchev–Trinajstić information content (AvgIpc) is 2.69. The van der Waals surface area contributed by atoms with E-state index in [1.165, 1.54) is 6.07 Å². The summed E-state index contributed by atoms with van der Waals surface area (Å²) in [6.07, 6.45) is 0.439. The van der Waals surface area contributed by atoms with E-state index in [2.05, 4.69) is 32.0 Å². The molecule has 7 heteroatoms. The van der Waals surface area contributed by atoms with Crippen LogP contribution in [0, 0.1) is 12.7 Å². The molecule has 0 unspecified atom stereocenters. The van der Waals surface area contributed by atoms with Crippen molar-refractivity contribution in [1.82, 2.24) is 20.2 Å². The number of hydrogen-bond donors (Lipinski definition) is 1. The Bertz CT molecular complexity index is 790. The van der Waals surface area contributed by atoms with Crippen molar-refractivity contribution in [2.24, 2.45) is 0 Å². The van der Waals surface area contributed by atoms with Crippen molar-refractivity contribution >= 4 is 11.7 Å². The Balaban J connectivity index is 1.61. The second kappa shape index (κ2) is 8.90. The number of piperazine rings is 1. The predicted octanol–water partition coefficient (Wildman–Crippen LogP) is 2.04. The lowest BCUT2D eigenvalue weighted by Crippen LogP contribution is -2.46. The molecule has 1 amide bonds. The van der Waals surface area contributed by atoms with Gasteiger partial charge in [-0.05, 0) is 31.5 Å². The van der Waals surface area contributed by atoms with Crippen molar-refractivity contribution in [3.05, 3.63) is 53.2 Å². The molecule has 2 heterocycles. The van der Waals surface area contributed by atoms with Crippen LogP contribution in [0.4, 0.5) is 10.2 Å². The Morgan fingerprint density at radius 3 is 2.63 bits per heavy atom. The topological polar surface area (TPSA) is 61.4 Å². The first kappa shape index (κ1) is 19.2. The first-order chi connectivity index (χ1) is 13.1. The number of aromatic nitrogens is 2. The first-order valence-corrected chi connectivity index (χ1v) is 9.41. The van der Waals surface area contributed by atoms with E-state index in [4.69, 9.17) is 0 Å². The van der Waals surface area contributed by atoms with Crippen LogP contribution in [0.3, 0.4) is 0 Å². The van der Waals surface area contributed by atoms with Crippen molar-refractivity contribution in [3.63, 3.8) is 0 Å². The van der Waals surface area contributed by atoms with Crippen LogP contribution in [0.15, 0.2) is 30.3 Å². The zero-order valence-corrected chi connectivity index (χ0v) is 15.9. The summed E-state index contributed by atoms with van der Waals surface area (Å²) in [5, 5.41) is 2.83. The van der Waals surface area contributed by atoms with Crippen LogP contribution in [0.1, 0.15) is 28.8 Å². The van der Waals surface area contributed by atoms with Gasteiger partial charge in [-0.25, -0.2) is 14.4 Å². The number of likely N-dealkylation sites (N-methyl/N-ethyl adjacent to an activating group) is 1. The van der Waals surface area contributed by atoms with Gasteiger partial charge in [0, 0.05) is 38.8 Å². The van der Waals surface area contributed by atoms with Gasteiger partial charge in [0.2, 0.25) is 0 Å². The zero-order valence-electron chi connectivity index (χ0n) is 15.9. The van der Waals surface area contributed by atoms with Gasteiger partial charge < -0.3 is 15.1 Å². The van der Waals surface area contributed by atoms with Crippen molar-refractivity contribution in [1.29, 1.82) is 0 Å². The van der Waals surface area contributed by atoms with Gasteiger partial charge in [-0.1, -0.05) is 25.1 Å². The van der Waals surface area contributed by atoms with Gasteiger partial charge in [0.1, 0.15) is 23.2 Å². The number of aryl methyl sites for hydroxylation is 1. The van der Waals surface area contributed by atoms with E-state index < -0.39 is 0 Å². The third kappa shape index (κ3) is 5.01. The van der Waals surface area contributed by atoms with Crippen molar-refractivity contribution in [2.45, 2.75) is 20.3 Å². The number of rotatable bonds is 6. The fraction of sp³-hybridized carbons (Fsp3) is 0.450. The van der Waals surface area contributed by atoms with E-state index in [1.807, 2.05) is 0 Å². The molecule has 0 bridgehead atoms. The SMILES string of the molecule is CCN1CCN(c2cc(C(=O)NCCc3ccccc3F)nc(C)n2)CC1. The van der Waals surface area contributed by atoms with E-state index in [0.717, 1.165) is 38.5 Å². The highest BCUT2D eigenvalue weighted by atomic mass is 19.1. The summed E-state index contributed by atoms with van der Waals surface area (Å²) in [5.74, 6) is 0.852. The third-order valence-corrected chi connectivity index (χ3v) is 4.84. The monoisotopic (exact) mass is 371 g/mol. The lowest BCUT2D eigenvalue weighted by molar-refractivity contribution is 0.0948. The minimum Gasteiger partial charge on any atom is -0.354 e. The minimum absolute atomic E-state index is 0.252. The Kier molecular flexibility index (Phi) is 6.34. The van der Waals surface area contributed by atoms with Crippen molar-refractivity contribution < 1.29 is 9.18 Å². The number of amides is 1. The number of nitrogens with zero attached hydrogens (tertiary/aromatic N) is 4. The molecule has 0 atom stereocenters. The first-order valence-electron chi connectivity index (χ1n) is 9.41. The summed E-state index contributed by atoms with van der Waals surface area (Å²) in [6, 6.07) is 8.34. The molecule has 1 N–H and O–H groups in total. The Labute approximate surface area is 159 Å². The van der Waals surface area contributed by atoms with Crippen LogP contribution >= 0.6 is 0 Å². The average molecular weight is 371 g/mol. The molecule has 1 aliphatic heterocycles. The maximum absolute atomic E-state index is 13.7. The molecular weight excluding hydrogens is 345 g/mol. The van der Waals surface area contributed by atoms with Gasteiger partial charge in [0.15, 0.2) is 0 Å². The molecule has 2 aromatic rings. The van der Waals surface area contributed by atoms with Crippen molar-refractivity contribution in [3.8, 4) is 0 Å². The van der Waals surface area contributed by atoms with Crippen LogP contribution in [0.5, 0.6) is 0 Å². The summed E-state index contributed by atoms with van der Waals surface area (Å²) >= 11 is 0. The molecular formula is C20H26FN5O. The molecule has 1 aromatic carbocycles. The quantitative estimate of drug-likeness (QED) is 0.842. The summed E-state index contributed by atoms with van der Waals surface area (Å²) in [7, 11) is 0. The molecule has 27 heavy (non-hydrogen) atoms. The number of hydrogen-bond acceptors (Lipinski definition) is 5. The highest BCUT2D eigenvalue weighted by molar-refractivity contribution is 5.92. The maximum Gasteiger partial charge on any atom is 0.270 e. The van der Waals surface area contributed by atoms with Crippen molar-refractivity contribution in [2.75, 3.05) is 44.2 Å². The minimum atomic E-state index is -0.259. The van der Waals surface area contributed by atoms with Gasteiger partial charge in [0.25, 0.3) is 5.91 Å². The number of carbonyl (C=O) groups excluding carboxylic acids is 1. The summed E-state index contributed by atoms with van der Waals surface area (Å²) < 4.78 is 13.7. The van der Waals surface area contributed by atoms with E-state index in [1.54, 1.807) is 31.2 Å². The van der Waals surface area contributed by atoms with Gasteiger partial charge in [-0.3, -0.25) is 4.79 Å². The molecule has 6 nitrogen and oxygen atoms in total. The van der Waals surface area contributed by atoms with Gasteiger partial charge in [0.05, 0.1) is 0 Å². The van der Waals surface area contributed by atoms with E-state index in [0.29, 0.717) is 30.0 Å². The fourth-order valence-electron chi connectivity index (χ4n) is 3.23. The van der Waals surface area contributed by atoms with Crippen LogP contribution < -0.4 is 10.2 Å². The van der Waals surface area contributed by atoms with Gasteiger partial charge in [-0.2, -0.15) is 0 Å². The number of carbonyl (C=O) groups is 1. The zero-order chi connectivity index (χ0) is 19.2. The maximum atomic E-state index is 13.7. The van der Waals surface area contributed by atoms with Crippen LogP contribution in [0.25, 0.3) is 0 Å². The lowest BCUT2D eigenvalue weighted by Gasteiger charge is -2.34. The Morgan fingerprint density at radius 2 is 1.93 bits per heavy atom. The molecule has 144 valence electrons. The second-order valence-corrected chi connectivity index (χ2v) is 6.68. The highest BCUT2D eigenvalue weighted by Gasteiger charge is 2.19. The molecule has 0 radical (unpaired) electrons. The van der Waals surface area contributed by atoms with E-state index in [9.17, 15) is 9.18 Å². The van der Waals surface area contributed by atoms with Crippen LogP contribution in [-0.4, -0.2) is 60.0 Å². The number of benzene rings is 1.